The van der Waals surface area contributed by atoms with Crippen molar-refractivity contribution in [3.8, 4) is 0 Å². The molecule has 142 valence electrons. The third-order valence-electron chi connectivity index (χ3n) is 3.75. The second-order valence-corrected chi connectivity index (χ2v) is 6.58. The lowest BCUT2D eigenvalue weighted by molar-refractivity contribution is -0.119. The van der Waals surface area contributed by atoms with Gasteiger partial charge in [0.25, 0.3) is 0 Å². The van der Waals surface area contributed by atoms with Crippen molar-refractivity contribution in [2.24, 2.45) is 4.99 Å². The maximum atomic E-state index is 12.0. The average molecular weight is 486 g/mol. The Hall–Kier alpha value is -1.61. The summed E-state index contributed by atoms with van der Waals surface area (Å²) in [5, 5.41) is 13.6. The van der Waals surface area contributed by atoms with Crippen LogP contribution in [-0.2, 0) is 11.3 Å². The number of nitrogens with one attached hydrogen (secondary N) is 3. The van der Waals surface area contributed by atoms with Gasteiger partial charge in [-0.2, -0.15) is 11.3 Å². The van der Waals surface area contributed by atoms with E-state index in [1.807, 2.05) is 37.3 Å². The van der Waals surface area contributed by atoms with E-state index in [1.165, 1.54) is 5.56 Å². The third-order valence-corrected chi connectivity index (χ3v) is 4.45. The number of hydrogen-bond donors (Lipinski definition) is 3. The Morgan fingerprint density at radius 1 is 1.15 bits per heavy atom. The van der Waals surface area contributed by atoms with Gasteiger partial charge < -0.3 is 16.0 Å². The van der Waals surface area contributed by atoms with Crippen molar-refractivity contribution < 1.29 is 4.79 Å². The molecule has 0 aliphatic heterocycles. The zero-order chi connectivity index (χ0) is 17.9. The predicted molar refractivity (Wildman–Crippen MR) is 120 cm³/mol. The first-order valence-corrected chi connectivity index (χ1v) is 9.48. The Bertz CT molecular complexity index is 661. The van der Waals surface area contributed by atoms with E-state index in [0.29, 0.717) is 18.4 Å². The van der Waals surface area contributed by atoms with Gasteiger partial charge in [0, 0.05) is 19.6 Å². The number of thiophene rings is 1. The second kappa shape index (κ2) is 12.7. The number of rotatable bonds is 8. The largest absolute Gasteiger partial charge is 0.357 e. The van der Waals surface area contributed by atoms with Crippen molar-refractivity contribution in [1.29, 1.82) is 0 Å². The van der Waals surface area contributed by atoms with Gasteiger partial charge in [-0.1, -0.05) is 37.3 Å². The van der Waals surface area contributed by atoms with Crippen LogP contribution in [0.5, 0.6) is 0 Å². The fourth-order valence-electron chi connectivity index (χ4n) is 2.27. The van der Waals surface area contributed by atoms with Crippen LogP contribution in [0.4, 0.5) is 0 Å². The van der Waals surface area contributed by atoms with Crippen molar-refractivity contribution in [3.05, 3.63) is 58.3 Å². The molecule has 3 N–H and O–H groups in total. The van der Waals surface area contributed by atoms with Gasteiger partial charge >= 0.3 is 0 Å². The predicted octanol–water partition coefficient (Wildman–Crippen LogP) is 3.34. The molecule has 1 aromatic carbocycles. The van der Waals surface area contributed by atoms with Gasteiger partial charge in [0.15, 0.2) is 5.96 Å². The minimum atomic E-state index is -0.0908. The number of guanidine groups is 1. The average Bonchev–Trinajstić information content (AvgIpc) is 3.17. The Balaban J connectivity index is 0.00000338. The molecule has 1 unspecified atom stereocenters. The topological polar surface area (TPSA) is 65.5 Å². The highest BCUT2D eigenvalue weighted by Crippen LogP contribution is 2.16. The van der Waals surface area contributed by atoms with E-state index in [0.717, 1.165) is 18.7 Å². The van der Waals surface area contributed by atoms with Crippen molar-refractivity contribution in [3.63, 3.8) is 0 Å². The minimum absolute atomic E-state index is 0. The minimum Gasteiger partial charge on any atom is -0.357 e. The summed E-state index contributed by atoms with van der Waals surface area (Å²) in [7, 11) is 0. The van der Waals surface area contributed by atoms with E-state index in [1.54, 1.807) is 11.3 Å². The summed E-state index contributed by atoms with van der Waals surface area (Å²) < 4.78 is 0. The maximum absolute atomic E-state index is 12.0. The molecule has 0 saturated carbocycles. The molecule has 26 heavy (non-hydrogen) atoms. The molecule has 0 aliphatic carbocycles. The number of amides is 1. The van der Waals surface area contributed by atoms with E-state index in [2.05, 4.69) is 44.7 Å². The number of carbonyl (C=O) groups excluding carboxylic acids is 1. The van der Waals surface area contributed by atoms with Crippen LogP contribution >= 0.6 is 35.3 Å². The quantitative estimate of drug-likeness (QED) is 0.305. The van der Waals surface area contributed by atoms with Crippen molar-refractivity contribution in [1.82, 2.24) is 16.0 Å². The fourth-order valence-corrected chi connectivity index (χ4v) is 3.05. The van der Waals surface area contributed by atoms with Gasteiger partial charge in [-0.3, -0.25) is 4.79 Å². The first kappa shape index (κ1) is 22.4. The molecule has 0 saturated heterocycles. The molecule has 5 nitrogen and oxygen atoms in total. The molecule has 1 amide bonds. The summed E-state index contributed by atoms with van der Waals surface area (Å²) in [5.41, 5.74) is 2.39. The van der Waals surface area contributed by atoms with Crippen LogP contribution in [-0.4, -0.2) is 31.5 Å². The Morgan fingerprint density at radius 2 is 1.92 bits per heavy atom. The molecule has 0 fully saturated rings. The Morgan fingerprint density at radius 3 is 2.58 bits per heavy atom. The van der Waals surface area contributed by atoms with Crippen molar-refractivity contribution in [2.45, 2.75) is 26.3 Å². The summed E-state index contributed by atoms with van der Waals surface area (Å²) >= 11 is 1.70. The van der Waals surface area contributed by atoms with Crippen LogP contribution in [0.3, 0.4) is 0 Å². The lowest BCUT2D eigenvalue weighted by Gasteiger charge is -2.15. The van der Waals surface area contributed by atoms with Crippen LogP contribution in [0.25, 0.3) is 0 Å². The Kier molecular flexibility index (Phi) is 11.0. The standard InChI is InChI=1S/C19H26N4OS.HI/c1-3-20-19(22-11-15(2)17-9-10-25-14-17)23-13-18(24)21-12-16-7-5-4-6-8-16;/h4-10,14-15H,3,11-13H2,1-2H3,(H,21,24)(H2,20,22,23);1H. The lowest BCUT2D eigenvalue weighted by atomic mass is 10.1. The molecule has 7 heteroatoms. The molecule has 0 aliphatic rings. The number of benzene rings is 1. The third kappa shape index (κ3) is 8.18. The van der Waals surface area contributed by atoms with Gasteiger partial charge in [0.1, 0.15) is 6.54 Å². The number of carbonyl (C=O) groups is 1. The molecule has 0 radical (unpaired) electrons. The van der Waals surface area contributed by atoms with Gasteiger partial charge in [-0.05, 0) is 40.8 Å². The van der Waals surface area contributed by atoms with E-state index in [4.69, 9.17) is 0 Å². The highest BCUT2D eigenvalue weighted by Gasteiger charge is 2.07. The number of halogens is 1. The summed E-state index contributed by atoms with van der Waals surface area (Å²) in [6, 6.07) is 12.0. The summed E-state index contributed by atoms with van der Waals surface area (Å²) in [5.74, 6) is 0.966. The van der Waals surface area contributed by atoms with Crippen LogP contribution in [0.15, 0.2) is 52.2 Å². The summed E-state index contributed by atoms with van der Waals surface area (Å²) in [6.45, 7) is 6.34. The molecular weight excluding hydrogens is 459 g/mol. The molecule has 0 bridgehead atoms. The number of hydrogen-bond acceptors (Lipinski definition) is 3. The molecule has 1 atom stereocenters. The van der Waals surface area contributed by atoms with E-state index >= 15 is 0 Å². The second-order valence-electron chi connectivity index (χ2n) is 5.80. The molecule has 1 heterocycles. The van der Waals surface area contributed by atoms with Gasteiger partial charge in [0.05, 0.1) is 0 Å². The Labute approximate surface area is 176 Å². The first-order valence-electron chi connectivity index (χ1n) is 8.54. The SMILES string of the molecule is CCNC(=NCC(=O)NCc1ccccc1)NCC(C)c1ccsc1.I. The molecule has 0 spiro atoms. The van der Waals surface area contributed by atoms with E-state index in [9.17, 15) is 4.79 Å². The highest BCUT2D eigenvalue weighted by atomic mass is 127. The normalized spacial score (nSPS) is 12.0. The molecule has 1 aromatic heterocycles. The van der Waals surface area contributed by atoms with Gasteiger partial charge in [-0.25, -0.2) is 4.99 Å². The number of aliphatic imine (C=N–C) groups is 1. The number of nitrogens with zero attached hydrogens (tertiary/aromatic N) is 1. The van der Waals surface area contributed by atoms with E-state index in [-0.39, 0.29) is 36.4 Å². The molecular formula is C19H27IN4OS. The van der Waals surface area contributed by atoms with Crippen LogP contribution in [0.1, 0.15) is 30.9 Å². The van der Waals surface area contributed by atoms with Crippen LogP contribution < -0.4 is 16.0 Å². The van der Waals surface area contributed by atoms with Gasteiger partial charge in [-0.15, -0.1) is 24.0 Å². The highest BCUT2D eigenvalue weighted by molar-refractivity contribution is 14.0. The van der Waals surface area contributed by atoms with E-state index < -0.39 is 0 Å². The smallest absolute Gasteiger partial charge is 0.242 e. The maximum Gasteiger partial charge on any atom is 0.242 e. The zero-order valence-corrected chi connectivity index (χ0v) is 18.3. The monoisotopic (exact) mass is 486 g/mol. The first-order chi connectivity index (χ1) is 12.2. The summed E-state index contributed by atoms with van der Waals surface area (Å²) in [6.07, 6.45) is 0. The van der Waals surface area contributed by atoms with Crippen molar-refractivity contribution >= 4 is 47.2 Å². The van der Waals surface area contributed by atoms with Crippen LogP contribution in [0.2, 0.25) is 0 Å². The molecule has 2 aromatic rings. The fraction of sp³-hybridized carbons (Fsp3) is 0.368. The van der Waals surface area contributed by atoms with Gasteiger partial charge in [0.2, 0.25) is 5.91 Å². The summed E-state index contributed by atoms with van der Waals surface area (Å²) in [4.78, 5) is 16.3. The lowest BCUT2D eigenvalue weighted by Crippen LogP contribution is -2.40. The molecule has 2 rings (SSSR count). The van der Waals surface area contributed by atoms with Crippen molar-refractivity contribution in [2.75, 3.05) is 19.6 Å². The zero-order valence-electron chi connectivity index (χ0n) is 15.2. The van der Waals surface area contributed by atoms with Crippen LogP contribution in [0, 0.1) is 0 Å².